The summed E-state index contributed by atoms with van der Waals surface area (Å²) in [4.78, 5) is 24.7. The zero-order chi connectivity index (χ0) is 24.9. The van der Waals surface area contributed by atoms with Crippen LogP contribution >= 0.6 is 0 Å². The molecule has 2 N–H and O–H groups in total. The van der Waals surface area contributed by atoms with E-state index in [2.05, 4.69) is 19.9 Å². The molecule has 1 fully saturated rings. The summed E-state index contributed by atoms with van der Waals surface area (Å²) in [6, 6.07) is 16.7. The molecule has 3 aromatic carbocycles. The van der Waals surface area contributed by atoms with Gasteiger partial charge in [0, 0.05) is 0 Å². The third kappa shape index (κ3) is 4.88. The maximum absolute atomic E-state index is 12.4. The lowest BCUT2D eigenvalue weighted by molar-refractivity contribution is 0.0686. The number of aromatic carboxylic acids is 2. The first kappa shape index (κ1) is 24.7. The van der Waals surface area contributed by atoms with E-state index >= 15 is 0 Å². The summed E-state index contributed by atoms with van der Waals surface area (Å²) < 4.78 is 0. The molecule has 1 saturated carbocycles. The maximum atomic E-state index is 12.4. The average Bonchev–Trinajstić information content (AvgIpc) is 3.38. The van der Waals surface area contributed by atoms with Gasteiger partial charge in [0.15, 0.2) is 0 Å². The quantitative estimate of drug-likeness (QED) is 0.332. The standard InChI is InChI=1S/C31H34O4/c1-3-11-21-19-22(12-4-2)28(23-15-7-9-17-25(23)30(32)33)29(27(21)20-13-5-6-14-20)24-16-8-10-18-26(24)31(34)35/h7-10,15-20H,3-6,11-14H2,1-2H3,(H,32,33)(H,34,35). The normalized spacial score (nSPS) is 13.8. The van der Waals surface area contributed by atoms with Gasteiger partial charge in [-0.1, -0.05) is 82.0 Å². The smallest absolute Gasteiger partial charge is 0.336 e. The topological polar surface area (TPSA) is 74.6 Å². The van der Waals surface area contributed by atoms with Crippen molar-refractivity contribution in [1.29, 1.82) is 0 Å². The van der Waals surface area contributed by atoms with Gasteiger partial charge < -0.3 is 10.2 Å². The van der Waals surface area contributed by atoms with Crippen molar-refractivity contribution in [1.82, 2.24) is 0 Å². The number of rotatable bonds is 9. The number of carboxylic acid groups (broad SMARTS) is 2. The fraction of sp³-hybridized carbons (Fsp3) is 0.355. The van der Waals surface area contributed by atoms with Gasteiger partial charge in [-0.2, -0.15) is 0 Å². The van der Waals surface area contributed by atoms with E-state index in [1.807, 2.05) is 24.3 Å². The van der Waals surface area contributed by atoms with Gasteiger partial charge in [0.25, 0.3) is 0 Å². The Morgan fingerprint density at radius 3 is 1.74 bits per heavy atom. The minimum atomic E-state index is -0.972. The van der Waals surface area contributed by atoms with E-state index < -0.39 is 11.9 Å². The van der Waals surface area contributed by atoms with Crippen LogP contribution in [0.3, 0.4) is 0 Å². The van der Waals surface area contributed by atoms with Crippen LogP contribution in [0, 0.1) is 0 Å². The summed E-state index contributed by atoms with van der Waals surface area (Å²) in [5.41, 5.74) is 7.30. The van der Waals surface area contributed by atoms with Crippen molar-refractivity contribution in [2.45, 2.75) is 71.1 Å². The van der Waals surface area contributed by atoms with Gasteiger partial charge in [0.1, 0.15) is 0 Å². The van der Waals surface area contributed by atoms with Gasteiger partial charge in [0.05, 0.1) is 11.1 Å². The van der Waals surface area contributed by atoms with Gasteiger partial charge >= 0.3 is 11.9 Å². The highest BCUT2D eigenvalue weighted by Crippen LogP contribution is 2.48. The van der Waals surface area contributed by atoms with Crippen LogP contribution in [-0.4, -0.2) is 22.2 Å². The van der Waals surface area contributed by atoms with E-state index in [1.54, 1.807) is 24.3 Å². The van der Waals surface area contributed by atoms with Crippen LogP contribution in [0.15, 0.2) is 54.6 Å². The number of carboxylic acids is 2. The summed E-state index contributed by atoms with van der Waals surface area (Å²) in [7, 11) is 0. The Balaban J connectivity index is 2.21. The second-order valence-electron chi connectivity index (χ2n) is 9.54. The van der Waals surface area contributed by atoms with E-state index in [0.29, 0.717) is 17.0 Å². The summed E-state index contributed by atoms with van der Waals surface area (Å²) in [6.07, 6.45) is 8.10. The highest BCUT2D eigenvalue weighted by molar-refractivity contribution is 6.04. The molecule has 4 nitrogen and oxygen atoms in total. The van der Waals surface area contributed by atoms with Crippen LogP contribution in [0.1, 0.15) is 95.7 Å². The summed E-state index contributed by atoms with van der Waals surface area (Å²) >= 11 is 0. The molecule has 0 aliphatic heterocycles. The first-order chi connectivity index (χ1) is 17.0. The lowest BCUT2D eigenvalue weighted by Gasteiger charge is -2.27. The third-order valence-corrected chi connectivity index (χ3v) is 7.19. The minimum Gasteiger partial charge on any atom is -0.478 e. The van der Waals surface area contributed by atoms with Gasteiger partial charge in [-0.3, -0.25) is 0 Å². The molecule has 0 aromatic heterocycles. The molecule has 0 bridgehead atoms. The molecule has 0 unspecified atom stereocenters. The molecule has 0 spiro atoms. The molecule has 1 aliphatic rings. The van der Waals surface area contributed by atoms with E-state index in [0.717, 1.165) is 68.1 Å². The number of hydrogen-bond acceptors (Lipinski definition) is 2. The monoisotopic (exact) mass is 470 g/mol. The van der Waals surface area contributed by atoms with Crippen LogP contribution in [0.4, 0.5) is 0 Å². The van der Waals surface area contributed by atoms with E-state index in [9.17, 15) is 19.8 Å². The highest BCUT2D eigenvalue weighted by Gasteiger charge is 2.30. The van der Waals surface area contributed by atoms with Gasteiger partial charge in [-0.05, 0) is 82.7 Å². The van der Waals surface area contributed by atoms with Crippen molar-refractivity contribution < 1.29 is 19.8 Å². The number of carbonyl (C=O) groups is 2. The first-order valence-corrected chi connectivity index (χ1v) is 12.8. The lowest BCUT2D eigenvalue weighted by Crippen LogP contribution is -2.11. The van der Waals surface area contributed by atoms with Crippen molar-refractivity contribution in [2.75, 3.05) is 0 Å². The molecule has 0 atom stereocenters. The second-order valence-corrected chi connectivity index (χ2v) is 9.54. The molecule has 4 rings (SSSR count). The lowest BCUT2D eigenvalue weighted by atomic mass is 9.76. The van der Waals surface area contributed by atoms with Crippen molar-refractivity contribution in [2.24, 2.45) is 0 Å². The maximum Gasteiger partial charge on any atom is 0.336 e. The fourth-order valence-corrected chi connectivity index (χ4v) is 5.80. The third-order valence-electron chi connectivity index (χ3n) is 7.19. The Hall–Kier alpha value is -3.40. The molecular weight excluding hydrogens is 436 g/mol. The Bertz CT molecular complexity index is 1230. The summed E-state index contributed by atoms with van der Waals surface area (Å²) in [6.45, 7) is 4.30. The first-order valence-electron chi connectivity index (χ1n) is 12.8. The Morgan fingerprint density at radius 2 is 1.23 bits per heavy atom. The predicted octanol–water partition coefficient (Wildman–Crippen LogP) is 7.98. The summed E-state index contributed by atoms with van der Waals surface area (Å²) in [5, 5.41) is 20.2. The molecule has 0 heterocycles. The highest BCUT2D eigenvalue weighted by atomic mass is 16.4. The van der Waals surface area contributed by atoms with Crippen LogP contribution in [0.5, 0.6) is 0 Å². The number of aryl methyl sites for hydroxylation is 2. The van der Waals surface area contributed by atoms with Crippen molar-refractivity contribution in [3.8, 4) is 22.3 Å². The van der Waals surface area contributed by atoms with Crippen LogP contribution in [-0.2, 0) is 12.8 Å². The molecule has 3 aromatic rings. The number of hydrogen-bond donors (Lipinski definition) is 2. The van der Waals surface area contributed by atoms with Gasteiger partial charge in [-0.25, -0.2) is 9.59 Å². The zero-order valence-electron chi connectivity index (χ0n) is 20.6. The second kappa shape index (κ2) is 10.9. The molecule has 35 heavy (non-hydrogen) atoms. The fourth-order valence-electron chi connectivity index (χ4n) is 5.80. The van der Waals surface area contributed by atoms with Crippen LogP contribution in [0.2, 0.25) is 0 Å². The molecule has 0 radical (unpaired) electrons. The Morgan fingerprint density at radius 1 is 0.743 bits per heavy atom. The molecule has 182 valence electrons. The van der Waals surface area contributed by atoms with E-state index in [1.165, 1.54) is 11.1 Å². The molecule has 0 amide bonds. The molecular formula is C31H34O4. The molecule has 4 heteroatoms. The predicted molar refractivity (Wildman–Crippen MR) is 140 cm³/mol. The largest absolute Gasteiger partial charge is 0.478 e. The summed E-state index contributed by atoms with van der Waals surface area (Å²) in [5.74, 6) is -1.59. The van der Waals surface area contributed by atoms with E-state index in [-0.39, 0.29) is 11.1 Å². The number of benzene rings is 3. The Labute approximate surface area is 207 Å². The Kier molecular flexibility index (Phi) is 7.70. The SMILES string of the molecule is CCCc1cc(CCC)c(C2CCCC2)c(-c2ccccc2C(=O)O)c1-c1ccccc1C(=O)O. The van der Waals surface area contributed by atoms with Crippen molar-refractivity contribution >= 4 is 11.9 Å². The molecule has 0 saturated heterocycles. The van der Waals surface area contributed by atoms with Crippen molar-refractivity contribution in [3.05, 3.63) is 82.4 Å². The average molecular weight is 471 g/mol. The van der Waals surface area contributed by atoms with Crippen LogP contribution in [0.25, 0.3) is 22.3 Å². The minimum absolute atomic E-state index is 0.250. The van der Waals surface area contributed by atoms with E-state index in [4.69, 9.17) is 0 Å². The van der Waals surface area contributed by atoms with Crippen molar-refractivity contribution in [3.63, 3.8) is 0 Å². The zero-order valence-corrected chi connectivity index (χ0v) is 20.6. The van der Waals surface area contributed by atoms with Crippen LogP contribution < -0.4 is 0 Å². The van der Waals surface area contributed by atoms with Gasteiger partial charge in [0.2, 0.25) is 0 Å². The van der Waals surface area contributed by atoms with Gasteiger partial charge in [-0.15, -0.1) is 0 Å². The molecule has 1 aliphatic carbocycles.